The first-order chi connectivity index (χ1) is 8.51. The average molecular weight is 247 g/mol. The number of ether oxygens (including phenoxy) is 1. The van der Waals surface area contributed by atoms with Crippen molar-refractivity contribution in [3.63, 3.8) is 0 Å². The van der Waals surface area contributed by atoms with E-state index >= 15 is 0 Å². The summed E-state index contributed by atoms with van der Waals surface area (Å²) in [6.45, 7) is 7.71. The lowest BCUT2D eigenvalue weighted by atomic mass is 9.84. The summed E-state index contributed by atoms with van der Waals surface area (Å²) in [6, 6.07) is 6.94. The first kappa shape index (κ1) is 13.4. The van der Waals surface area contributed by atoms with Crippen molar-refractivity contribution in [1.29, 1.82) is 0 Å². The number of para-hydroxylation sites is 1. The van der Waals surface area contributed by atoms with Crippen molar-refractivity contribution >= 4 is 0 Å². The highest BCUT2D eigenvalue weighted by atomic mass is 16.5. The van der Waals surface area contributed by atoms with Gasteiger partial charge in [-0.25, -0.2) is 0 Å². The molecule has 1 aromatic rings. The molecule has 2 nitrogen and oxygen atoms in total. The molecule has 1 unspecified atom stereocenters. The van der Waals surface area contributed by atoms with Gasteiger partial charge >= 0.3 is 0 Å². The smallest absolute Gasteiger partial charge is 0.127 e. The molecule has 0 bridgehead atoms. The van der Waals surface area contributed by atoms with Crippen LogP contribution >= 0.6 is 0 Å². The molecule has 0 spiro atoms. The van der Waals surface area contributed by atoms with Gasteiger partial charge in [-0.1, -0.05) is 39.0 Å². The Bertz CT molecular complexity index is 406. The molecular weight excluding hydrogens is 222 g/mol. The van der Waals surface area contributed by atoms with E-state index in [1.807, 2.05) is 7.05 Å². The molecule has 0 fully saturated rings. The van der Waals surface area contributed by atoms with E-state index in [1.54, 1.807) is 0 Å². The Kier molecular flexibility index (Phi) is 3.96. The molecule has 1 aromatic carbocycles. The topological polar surface area (TPSA) is 21.3 Å². The third kappa shape index (κ3) is 3.05. The quantitative estimate of drug-likeness (QED) is 0.879. The minimum atomic E-state index is 0.311. The number of benzene rings is 1. The summed E-state index contributed by atoms with van der Waals surface area (Å²) in [7, 11) is 2.04. The van der Waals surface area contributed by atoms with E-state index in [0.717, 1.165) is 31.6 Å². The number of nitrogens with one attached hydrogen (secondary N) is 1. The van der Waals surface area contributed by atoms with Crippen LogP contribution < -0.4 is 10.1 Å². The Hall–Kier alpha value is -1.02. The van der Waals surface area contributed by atoms with Crippen molar-refractivity contribution < 1.29 is 4.74 Å². The molecule has 100 valence electrons. The van der Waals surface area contributed by atoms with Crippen LogP contribution in [0.3, 0.4) is 0 Å². The van der Waals surface area contributed by atoms with Crippen molar-refractivity contribution in [3.05, 3.63) is 29.3 Å². The molecule has 1 N–H and O–H groups in total. The zero-order chi connectivity index (χ0) is 13.2. The van der Waals surface area contributed by atoms with Crippen LogP contribution in [0.15, 0.2) is 18.2 Å². The summed E-state index contributed by atoms with van der Waals surface area (Å²) in [4.78, 5) is 0. The van der Waals surface area contributed by atoms with E-state index < -0.39 is 0 Å². The van der Waals surface area contributed by atoms with E-state index in [0.29, 0.717) is 11.5 Å². The molecule has 0 aromatic heterocycles. The lowest BCUT2D eigenvalue weighted by molar-refractivity contribution is 0.272. The van der Waals surface area contributed by atoms with Gasteiger partial charge in [0.2, 0.25) is 0 Å². The summed E-state index contributed by atoms with van der Waals surface area (Å²) in [5.74, 6) is 1.13. The van der Waals surface area contributed by atoms with Crippen molar-refractivity contribution in [3.8, 4) is 5.75 Å². The number of hydrogen-bond acceptors (Lipinski definition) is 2. The molecule has 18 heavy (non-hydrogen) atoms. The SMILES string of the molecule is CNC(CC(C)(C)C)c1cccc2c1OCCC2. The van der Waals surface area contributed by atoms with Crippen molar-refractivity contribution in [1.82, 2.24) is 5.32 Å². The summed E-state index contributed by atoms with van der Waals surface area (Å²) >= 11 is 0. The second kappa shape index (κ2) is 5.31. The second-order valence-corrected chi connectivity index (χ2v) is 6.39. The normalized spacial score (nSPS) is 16.9. The first-order valence-corrected chi connectivity index (χ1v) is 6.93. The van der Waals surface area contributed by atoms with Crippen LogP contribution in [0.2, 0.25) is 0 Å². The van der Waals surface area contributed by atoms with Gasteiger partial charge in [0.1, 0.15) is 5.75 Å². The highest BCUT2D eigenvalue weighted by Gasteiger charge is 2.24. The predicted molar refractivity (Wildman–Crippen MR) is 76.1 cm³/mol. The molecule has 1 aliphatic rings. The summed E-state index contributed by atoms with van der Waals surface area (Å²) in [5.41, 5.74) is 3.00. The van der Waals surface area contributed by atoms with E-state index in [-0.39, 0.29) is 0 Å². The molecule has 2 heteroatoms. The van der Waals surface area contributed by atoms with Gasteiger partial charge < -0.3 is 10.1 Å². The molecule has 0 saturated heterocycles. The number of rotatable bonds is 3. The Labute approximate surface area is 111 Å². The standard InChI is InChI=1S/C16H25NO/c1-16(2,3)11-14(17-4)13-9-5-7-12-8-6-10-18-15(12)13/h5,7,9,14,17H,6,8,10-11H2,1-4H3. The molecule has 1 atom stereocenters. The Balaban J connectivity index is 2.30. The third-order valence-electron chi connectivity index (χ3n) is 3.50. The molecule has 0 radical (unpaired) electrons. The molecular formula is C16H25NO. The highest BCUT2D eigenvalue weighted by Crippen LogP contribution is 2.37. The molecule has 2 rings (SSSR count). The van der Waals surface area contributed by atoms with Gasteiger partial charge in [0.25, 0.3) is 0 Å². The Morgan fingerprint density at radius 2 is 2.11 bits per heavy atom. The van der Waals surface area contributed by atoms with Crippen molar-refractivity contribution in [2.75, 3.05) is 13.7 Å². The van der Waals surface area contributed by atoms with Gasteiger partial charge in [0, 0.05) is 11.6 Å². The lowest BCUT2D eigenvalue weighted by Crippen LogP contribution is -2.24. The van der Waals surface area contributed by atoms with Gasteiger partial charge in [-0.05, 0) is 37.3 Å². The van der Waals surface area contributed by atoms with Crippen LogP contribution in [-0.4, -0.2) is 13.7 Å². The van der Waals surface area contributed by atoms with Crippen LogP contribution in [0.4, 0.5) is 0 Å². The number of hydrogen-bond donors (Lipinski definition) is 1. The molecule has 0 aliphatic carbocycles. The molecule has 1 aliphatic heterocycles. The van der Waals surface area contributed by atoms with Crippen molar-refractivity contribution in [2.45, 2.75) is 46.1 Å². The maximum absolute atomic E-state index is 5.91. The fourth-order valence-electron chi connectivity index (χ4n) is 2.67. The van der Waals surface area contributed by atoms with Crippen LogP contribution in [0.25, 0.3) is 0 Å². The molecule has 1 heterocycles. The maximum Gasteiger partial charge on any atom is 0.127 e. The summed E-state index contributed by atoms with van der Waals surface area (Å²) in [6.07, 6.45) is 3.40. The van der Waals surface area contributed by atoms with Gasteiger partial charge in [0.15, 0.2) is 0 Å². The summed E-state index contributed by atoms with van der Waals surface area (Å²) in [5, 5.41) is 3.45. The molecule has 0 amide bonds. The Morgan fingerprint density at radius 1 is 1.33 bits per heavy atom. The van der Waals surface area contributed by atoms with Crippen LogP contribution in [0.1, 0.15) is 50.8 Å². The largest absolute Gasteiger partial charge is 0.493 e. The van der Waals surface area contributed by atoms with E-state index in [9.17, 15) is 0 Å². The van der Waals surface area contributed by atoms with Crippen LogP contribution in [0, 0.1) is 5.41 Å². The van der Waals surface area contributed by atoms with Gasteiger partial charge in [0.05, 0.1) is 6.61 Å². The van der Waals surface area contributed by atoms with Gasteiger partial charge in [-0.2, -0.15) is 0 Å². The van der Waals surface area contributed by atoms with Gasteiger partial charge in [-0.15, -0.1) is 0 Å². The monoisotopic (exact) mass is 247 g/mol. The zero-order valence-electron chi connectivity index (χ0n) is 12.0. The lowest BCUT2D eigenvalue weighted by Gasteiger charge is -2.29. The highest BCUT2D eigenvalue weighted by molar-refractivity contribution is 5.44. The van der Waals surface area contributed by atoms with E-state index in [4.69, 9.17) is 4.74 Å². The van der Waals surface area contributed by atoms with Gasteiger partial charge in [-0.3, -0.25) is 0 Å². The fraction of sp³-hybridized carbons (Fsp3) is 0.625. The van der Waals surface area contributed by atoms with Crippen LogP contribution in [0.5, 0.6) is 5.75 Å². The van der Waals surface area contributed by atoms with Crippen LogP contribution in [-0.2, 0) is 6.42 Å². The average Bonchev–Trinajstić information content (AvgIpc) is 2.34. The minimum absolute atomic E-state index is 0.311. The van der Waals surface area contributed by atoms with Crippen molar-refractivity contribution in [2.24, 2.45) is 5.41 Å². The number of fused-ring (bicyclic) bond motifs is 1. The number of aryl methyl sites for hydroxylation is 1. The Morgan fingerprint density at radius 3 is 2.78 bits per heavy atom. The zero-order valence-corrected chi connectivity index (χ0v) is 12.0. The molecule has 0 saturated carbocycles. The van der Waals surface area contributed by atoms with E-state index in [1.165, 1.54) is 11.1 Å². The van der Waals surface area contributed by atoms with E-state index in [2.05, 4.69) is 44.3 Å². The first-order valence-electron chi connectivity index (χ1n) is 6.93. The maximum atomic E-state index is 5.91. The fourth-order valence-corrected chi connectivity index (χ4v) is 2.67. The third-order valence-corrected chi connectivity index (χ3v) is 3.50. The minimum Gasteiger partial charge on any atom is -0.493 e. The summed E-state index contributed by atoms with van der Waals surface area (Å²) < 4.78 is 5.91. The predicted octanol–water partition coefficient (Wildman–Crippen LogP) is 3.71. The second-order valence-electron chi connectivity index (χ2n) is 6.39.